The number of nitrogens with one attached hydrogen (secondary N) is 1. The van der Waals surface area contributed by atoms with Gasteiger partial charge in [-0.25, -0.2) is 4.98 Å². The molecule has 3 heterocycles. The van der Waals surface area contributed by atoms with Crippen LogP contribution in [0, 0.1) is 0 Å². The zero-order valence-corrected chi connectivity index (χ0v) is 11.8. The molecule has 0 saturated carbocycles. The van der Waals surface area contributed by atoms with Crippen molar-refractivity contribution in [3.8, 4) is 0 Å². The van der Waals surface area contributed by atoms with Crippen molar-refractivity contribution in [3.05, 3.63) is 30.1 Å². The monoisotopic (exact) mass is 273 g/mol. The van der Waals surface area contributed by atoms with Crippen molar-refractivity contribution < 1.29 is 4.79 Å². The number of hydrogen-bond acceptors (Lipinski definition) is 4. The highest BCUT2D eigenvalue weighted by atomic mass is 16.2. The molecule has 2 aromatic heterocycles. The summed E-state index contributed by atoms with van der Waals surface area (Å²) < 4.78 is 1.98. The standard InChI is InChI=1S/C14H19N5O/c1-14(2)13(20)16-6-8-19(14)12-10(9-15)18-7-4-3-5-11(18)17-12/h3-5,7H,6,8-9,15H2,1-2H3,(H,16,20). The molecule has 3 N–H and O–H groups in total. The Balaban J connectivity index is 2.16. The fourth-order valence-corrected chi connectivity index (χ4v) is 2.71. The minimum absolute atomic E-state index is 0.0174. The number of pyridine rings is 1. The van der Waals surface area contributed by atoms with Crippen molar-refractivity contribution in [2.45, 2.75) is 25.9 Å². The average Bonchev–Trinajstić information content (AvgIpc) is 2.79. The molecule has 0 unspecified atom stereocenters. The van der Waals surface area contributed by atoms with Gasteiger partial charge in [0.1, 0.15) is 11.2 Å². The maximum atomic E-state index is 12.1. The number of imidazole rings is 1. The largest absolute Gasteiger partial charge is 0.352 e. The Morgan fingerprint density at radius 2 is 2.25 bits per heavy atom. The summed E-state index contributed by atoms with van der Waals surface area (Å²) in [6.45, 7) is 5.56. The number of nitrogens with zero attached hydrogens (tertiary/aromatic N) is 3. The summed E-state index contributed by atoms with van der Waals surface area (Å²) >= 11 is 0. The fourth-order valence-electron chi connectivity index (χ4n) is 2.71. The average molecular weight is 273 g/mol. The number of nitrogens with two attached hydrogens (primary N) is 1. The molecule has 0 aliphatic carbocycles. The fraction of sp³-hybridized carbons (Fsp3) is 0.429. The third-order valence-corrected chi connectivity index (χ3v) is 3.91. The van der Waals surface area contributed by atoms with E-state index in [1.54, 1.807) is 0 Å². The van der Waals surface area contributed by atoms with E-state index < -0.39 is 5.54 Å². The molecule has 0 aromatic carbocycles. The molecule has 0 atom stereocenters. The van der Waals surface area contributed by atoms with Crippen LogP contribution in [0.2, 0.25) is 0 Å². The van der Waals surface area contributed by atoms with Gasteiger partial charge in [0.25, 0.3) is 0 Å². The number of anilines is 1. The van der Waals surface area contributed by atoms with Crippen LogP contribution in [0.1, 0.15) is 19.5 Å². The first-order chi connectivity index (χ1) is 9.55. The van der Waals surface area contributed by atoms with Crippen molar-refractivity contribution in [3.63, 3.8) is 0 Å². The van der Waals surface area contributed by atoms with E-state index in [1.165, 1.54) is 0 Å². The summed E-state index contributed by atoms with van der Waals surface area (Å²) in [6, 6.07) is 5.84. The number of carbonyl (C=O) groups is 1. The number of aromatic nitrogens is 2. The Kier molecular flexibility index (Phi) is 2.90. The van der Waals surface area contributed by atoms with Gasteiger partial charge in [-0.3, -0.25) is 4.79 Å². The number of fused-ring (bicyclic) bond motifs is 1. The summed E-state index contributed by atoms with van der Waals surface area (Å²) in [5.74, 6) is 0.822. The second-order valence-corrected chi connectivity index (χ2v) is 5.48. The zero-order valence-electron chi connectivity index (χ0n) is 11.8. The van der Waals surface area contributed by atoms with Crippen molar-refractivity contribution in [2.75, 3.05) is 18.0 Å². The molecule has 3 rings (SSSR count). The second kappa shape index (κ2) is 4.49. The van der Waals surface area contributed by atoms with E-state index in [0.717, 1.165) is 23.7 Å². The first-order valence-electron chi connectivity index (χ1n) is 6.77. The van der Waals surface area contributed by atoms with Gasteiger partial charge < -0.3 is 20.4 Å². The van der Waals surface area contributed by atoms with Crippen LogP contribution in [0.25, 0.3) is 5.65 Å². The van der Waals surface area contributed by atoms with Crippen LogP contribution in [0.3, 0.4) is 0 Å². The summed E-state index contributed by atoms with van der Waals surface area (Å²) in [7, 11) is 0. The Morgan fingerprint density at radius 1 is 1.45 bits per heavy atom. The van der Waals surface area contributed by atoms with Crippen LogP contribution in [-0.4, -0.2) is 33.9 Å². The molecule has 6 nitrogen and oxygen atoms in total. The molecule has 20 heavy (non-hydrogen) atoms. The summed E-state index contributed by atoms with van der Waals surface area (Å²) in [5, 5.41) is 2.90. The van der Waals surface area contributed by atoms with E-state index in [1.807, 2.05) is 47.5 Å². The number of carbonyl (C=O) groups excluding carboxylic acids is 1. The smallest absolute Gasteiger partial charge is 0.245 e. The molecule has 1 aliphatic rings. The van der Waals surface area contributed by atoms with E-state index in [2.05, 4.69) is 10.3 Å². The Hall–Kier alpha value is -2.08. The lowest BCUT2D eigenvalue weighted by Gasteiger charge is -2.41. The lowest BCUT2D eigenvalue weighted by atomic mass is 9.99. The van der Waals surface area contributed by atoms with Gasteiger partial charge in [0.15, 0.2) is 5.82 Å². The Labute approximate surface area is 117 Å². The number of hydrogen-bond donors (Lipinski definition) is 2. The number of piperazine rings is 1. The zero-order chi connectivity index (χ0) is 14.3. The van der Waals surface area contributed by atoms with Gasteiger partial charge in [0.05, 0.1) is 5.69 Å². The van der Waals surface area contributed by atoms with Gasteiger partial charge in [-0.1, -0.05) is 6.07 Å². The van der Waals surface area contributed by atoms with Crippen LogP contribution in [0.4, 0.5) is 5.82 Å². The molecule has 0 bridgehead atoms. The number of rotatable bonds is 2. The van der Waals surface area contributed by atoms with Crippen molar-refractivity contribution >= 4 is 17.4 Å². The third-order valence-electron chi connectivity index (χ3n) is 3.91. The van der Waals surface area contributed by atoms with Crippen molar-refractivity contribution in [1.82, 2.24) is 14.7 Å². The van der Waals surface area contributed by atoms with Gasteiger partial charge >= 0.3 is 0 Å². The molecule has 1 fully saturated rings. The first kappa shape index (κ1) is 12.9. The highest BCUT2D eigenvalue weighted by Gasteiger charge is 2.39. The lowest BCUT2D eigenvalue weighted by Crippen LogP contribution is -2.62. The third kappa shape index (κ3) is 1.76. The Bertz CT molecular complexity index is 661. The highest BCUT2D eigenvalue weighted by Crippen LogP contribution is 2.29. The molecule has 1 amide bonds. The maximum absolute atomic E-state index is 12.1. The van der Waals surface area contributed by atoms with E-state index in [9.17, 15) is 4.79 Å². The highest BCUT2D eigenvalue weighted by molar-refractivity contribution is 5.90. The summed E-state index contributed by atoms with van der Waals surface area (Å²) in [5.41, 5.74) is 7.06. The van der Waals surface area contributed by atoms with Crippen LogP contribution in [0.5, 0.6) is 0 Å². The maximum Gasteiger partial charge on any atom is 0.245 e. The molecule has 1 saturated heterocycles. The van der Waals surface area contributed by atoms with Gasteiger partial charge in [-0.05, 0) is 26.0 Å². The van der Waals surface area contributed by atoms with E-state index in [4.69, 9.17) is 5.73 Å². The van der Waals surface area contributed by atoms with Crippen molar-refractivity contribution in [2.24, 2.45) is 5.73 Å². The molecule has 2 aromatic rings. The lowest BCUT2D eigenvalue weighted by molar-refractivity contribution is -0.126. The van der Waals surface area contributed by atoms with Crippen LogP contribution < -0.4 is 16.0 Å². The van der Waals surface area contributed by atoms with E-state index in [0.29, 0.717) is 13.1 Å². The Morgan fingerprint density at radius 3 is 3.00 bits per heavy atom. The second-order valence-electron chi connectivity index (χ2n) is 5.48. The molecule has 1 aliphatic heterocycles. The molecule has 0 radical (unpaired) electrons. The predicted molar refractivity (Wildman–Crippen MR) is 77.5 cm³/mol. The summed E-state index contributed by atoms with van der Waals surface area (Å²) in [4.78, 5) is 18.8. The van der Waals surface area contributed by atoms with Crippen molar-refractivity contribution in [1.29, 1.82) is 0 Å². The molecule has 106 valence electrons. The minimum atomic E-state index is -0.625. The van der Waals surface area contributed by atoms with Crippen LogP contribution in [0.15, 0.2) is 24.4 Å². The molecular formula is C14H19N5O. The van der Waals surface area contributed by atoms with Gasteiger partial charge in [0, 0.05) is 25.8 Å². The topological polar surface area (TPSA) is 75.7 Å². The quantitative estimate of drug-likeness (QED) is 0.836. The van der Waals surface area contributed by atoms with Gasteiger partial charge in [0.2, 0.25) is 5.91 Å². The molecular weight excluding hydrogens is 254 g/mol. The SMILES string of the molecule is CC1(C)C(=O)NCCN1c1nc2ccccn2c1CN. The number of amides is 1. The minimum Gasteiger partial charge on any atom is -0.352 e. The normalized spacial score (nSPS) is 18.4. The summed E-state index contributed by atoms with van der Waals surface area (Å²) in [6.07, 6.45) is 1.95. The first-order valence-corrected chi connectivity index (χ1v) is 6.77. The van der Waals surface area contributed by atoms with Crippen LogP contribution in [-0.2, 0) is 11.3 Å². The van der Waals surface area contributed by atoms with Gasteiger partial charge in [-0.15, -0.1) is 0 Å². The van der Waals surface area contributed by atoms with Crippen LogP contribution >= 0.6 is 0 Å². The van der Waals surface area contributed by atoms with Gasteiger partial charge in [-0.2, -0.15) is 0 Å². The van der Waals surface area contributed by atoms with E-state index in [-0.39, 0.29) is 5.91 Å². The van der Waals surface area contributed by atoms with E-state index >= 15 is 0 Å². The predicted octanol–water partition coefficient (Wildman–Crippen LogP) is 0.508. The molecule has 0 spiro atoms. The molecule has 6 heteroatoms.